The van der Waals surface area contributed by atoms with Crippen molar-refractivity contribution in [3.63, 3.8) is 0 Å². The number of para-hydroxylation sites is 1. The van der Waals surface area contributed by atoms with Gasteiger partial charge in [0.2, 0.25) is 5.91 Å². The molecule has 3 amide bonds. The van der Waals surface area contributed by atoms with Gasteiger partial charge < -0.3 is 10.2 Å². The Hall–Kier alpha value is -3.17. The number of carbonyl (C=O) groups excluding carboxylic acids is 2. The summed E-state index contributed by atoms with van der Waals surface area (Å²) >= 11 is 0. The molecule has 2 aromatic rings. The van der Waals surface area contributed by atoms with Crippen LogP contribution in [0.2, 0.25) is 0 Å². The highest BCUT2D eigenvalue weighted by molar-refractivity contribution is 5.99. The van der Waals surface area contributed by atoms with E-state index in [0.29, 0.717) is 12.1 Å². The second-order valence-electron chi connectivity index (χ2n) is 6.05. The summed E-state index contributed by atoms with van der Waals surface area (Å²) < 4.78 is 65.4. The molecule has 0 aromatic heterocycles. The SMILES string of the molecule is O=C(CN1CCN(c2ccccc2F)C1=O)Nc1ccc(F)c(C(F)(F)F)c1. The molecule has 10 heteroatoms. The monoisotopic (exact) mass is 399 g/mol. The smallest absolute Gasteiger partial charge is 0.325 e. The fourth-order valence-corrected chi connectivity index (χ4v) is 2.82. The molecular formula is C18H14F5N3O2. The molecule has 0 unspecified atom stereocenters. The highest BCUT2D eigenvalue weighted by Crippen LogP contribution is 2.33. The van der Waals surface area contributed by atoms with Crippen molar-refractivity contribution in [2.75, 3.05) is 29.9 Å². The summed E-state index contributed by atoms with van der Waals surface area (Å²) in [5.74, 6) is -2.81. The van der Waals surface area contributed by atoms with Gasteiger partial charge in [-0.2, -0.15) is 13.2 Å². The van der Waals surface area contributed by atoms with Crippen LogP contribution in [0.1, 0.15) is 5.56 Å². The van der Waals surface area contributed by atoms with Gasteiger partial charge in [-0.25, -0.2) is 13.6 Å². The number of hydrogen-bond acceptors (Lipinski definition) is 2. The van der Waals surface area contributed by atoms with Crippen LogP contribution < -0.4 is 10.2 Å². The number of amides is 3. The van der Waals surface area contributed by atoms with Crippen LogP contribution in [0.3, 0.4) is 0 Å². The van der Waals surface area contributed by atoms with Crippen LogP contribution in [0.5, 0.6) is 0 Å². The van der Waals surface area contributed by atoms with Gasteiger partial charge in [0.05, 0.1) is 11.3 Å². The maximum Gasteiger partial charge on any atom is 0.419 e. The van der Waals surface area contributed by atoms with Gasteiger partial charge in [0.1, 0.15) is 18.2 Å². The van der Waals surface area contributed by atoms with Gasteiger partial charge in [0.15, 0.2) is 0 Å². The highest BCUT2D eigenvalue weighted by atomic mass is 19.4. The zero-order valence-corrected chi connectivity index (χ0v) is 14.3. The van der Waals surface area contributed by atoms with Gasteiger partial charge in [-0.05, 0) is 30.3 Å². The molecule has 1 saturated heterocycles. The molecular weight excluding hydrogens is 385 g/mol. The lowest BCUT2D eigenvalue weighted by Gasteiger charge is -2.19. The Labute approximate surface area is 156 Å². The lowest BCUT2D eigenvalue weighted by atomic mass is 10.2. The normalized spacial score (nSPS) is 14.5. The summed E-state index contributed by atoms with van der Waals surface area (Å²) in [6.45, 7) is -0.151. The molecule has 0 atom stereocenters. The van der Waals surface area contributed by atoms with E-state index in [-0.39, 0.29) is 24.5 Å². The van der Waals surface area contributed by atoms with E-state index in [1.54, 1.807) is 6.07 Å². The second-order valence-corrected chi connectivity index (χ2v) is 6.05. The van der Waals surface area contributed by atoms with Crippen LogP contribution in [-0.2, 0) is 11.0 Å². The number of anilines is 2. The van der Waals surface area contributed by atoms with E-state index in [4.69, 9.17) is 0 Å². The van der Waals surface area contributed by atoms with Gasteiger partial charge in [-0.1, -0.05) is 12.1 Å². The molecule has 3 rings (SSSR count). The number of halogens is 5. The molecule has 28 heavy (non-hydrogen) atoms. The van der Waals surface area contributed by atoms with E-state index < -0.39 is 41.9 Å². The average Bonchev–Trinajstić information content (AvgIpc) is 2.96. The number of hydrogen-bond donors (Lipinski definition) is 1. The average molecular weight is 399 g/mol. The lowest BCUT2D eigenvalue weighted by Crippen LogP contribution is -2.37. The Bertz CT molecular complexity index is 916. The van der Waals surface area contributed by atoms with Gasteiger partial charge in [0.25, 0.3) is 0 Å². The van der Waals surface area contributed by atoms with Gasteiger partial charge in [-0.3, -0.25) is 9.69 Å². The fourth-order valence-electron chi connectivity index (χ4n) is 2.82. The standard InChI is InChI=1S/C18H14F5N3O2/c19-13-6-5-11(9-12(13)18(21,22)23)24-16(27)10-25-7-8-26(17(25)28)15-4-2-1-3-14(15)20/h1-6,9H,7-8,10H2,(H,24,27). The van der Waals surface area contributed by atoms with Crippen LogP contribution >= 0.6 is 0 Å². The molecule has 1 aliphatic heterocycles. The third kappa shape index (κ3) is 4.05. The van der Waals surface area contributed by atoms with Crippen molar-refractivity contribution < 1.29 is 31.5 Å². The predicted molar refractivity (Wildman–Crippen MR) is 90.7 cm³/mol. The Balaban J connectivity index is 1.66. The molecule has 0 bridgehead atoms. The van der Waals surface area contributed by atoms with Gasteiger partial charge >= 0.3 is 12.2 Å². The minimum atomic E-state index is -4.91. The van der Waals surface area contributed by atoms with E-state index in [2.05, 4.69) is 5.32 Å². The molecule has 0 radical (unpaired) electrons. The number of carbonyl (C=O) groups is 2. The summed E-state index contributed by atoms with van der Waals surface area (Å²) in [7, 11) is 0. The number of nitrogens with zero attached hydrogens (tertiary/aromatic N) is 2. The van der Waals surface area contributed by atoms with Gasteiger partial charge in [0, 0.05) is 18.8 Å². The summed E-state index contributed by atoms with van der Waals surface area (Å²) in [6, 6.07) is 7.12. The maximum atomic E-state index is 13.8. The molecule has 148 valence electrons. The van der Waals surface area contributed by atoms with E-state index in [1.165, 1.54) is 23.1 Å². The van der Waals surface area contributed by atoms with Crippen LogP contribution in [0.4, 0.5) is 38.1 Å². The van der Waals surface area contributed by atoms with E-state index in [9.17, 15) is 31.5 Å². The van der Waals surface area contributed by atoms with Crippen molar-refractivity contribution in [3.05, 3.63) is 59.7 Å². The number of urea groups is 1. The third-order valence-electron chi connectivity index (χ3n) is 4.13. The Morgan fingerprint density at radius 2 is 1.75 bits per heavy atom. The van der Waals surface area contributed by atoms with Crippen molar-refractivity contribution in [1.82, 2.24) is 4.90 Å². The molecule has 0 spiro atoms. The number of alkyl halides is 3. The highest BCUT2D eigenvalue weighted by Gasteiger charge is 2.35. The molecule has 0 aliphatic carbocycles. The summed E-state index contributed by atoms with van der Waals surface area (Å²) in [5, 5.41) is 2.20. The minimum absolute atomic E-state index is 0.0729. The van der Waals surface area contributed by atoms with Crippen molar-refractivity contribution >= 4 is 23.3 Å². The molecule has 1 heterocycles. The van der Waals surface area contributed by atoms with Crippen molar-refractivity contribution in [2.45, 2.75) is 6.18 Å². The lowest BCUT2D eigenvalue weighted by molar-refractivity contribution is -0.140. The van der Waals surface area contributed by atoms with Crippen LogP contribution in [0.15, 0.2) is 42.5 Å². The van der Waals surface area contributed by atoms with Crippen molar-refractivity contribution in [3.8, 4) is 0 Å². The molecule has 2 aromatic carbocycles. The maximum absolute atomic E-state index is 13.8. The first-order valence-electron chi connectivity index (χ1n) is 8.14. The first-order valence-corrected chi connectivity index (χ1v) is 8.14. The van der Waals surface area contributed by atoms with E-state index >= 15 is 0 Å². The third-order valence-corrected chi connectivity index (χ3v) is 4.13. The Morgan fingerprint density at radius 3 is 2.43 bits per heavy atom. The van der Waals surface area contributed by atoms with Crippen LogP contribution in [0, 0.1) is 11.6 Å². The van der Waals surface area contributed by atoms with Crippen molar-refractivity contribution in [1.29, 1.82) is 0 Å². The van der Waals surface area contributed by atoms with E-state index in [0.717, 1.165) is 11.0 Å². The Kier molecular flexibility index (Phi) is 5.21. The first-order chi connectivity index (χ1) is 13.2. The van der Waals surface area contributed by atoms with Crippen LogP contribution in [-0.4, -0.2) is 36.5 Å². The summed E-state index contributed by atoms with van der Waals surface area (Å²) in [4.78, 5) is 26.8. The molecule has 1 N–H and O–H groups in total. The van der Waals surface area contributed by atoms with Crippen LogP contribution in [0.25, 0.3) is 0 Å². The first kappa shape index (κ1) is 19.6. The molecule has 5 nitrogen and oxygen atoms in total. The fraction of sp³-hybridized carbons (Fsp3) is 0.222. The topological polar surface area (TPSA) is 52.7 Å². The predicted octanol–water partition coefficient (Wildman–Crippen LogP) is 3.86. The van der Waals surface area contributed by atoms with E-state index in [1.807, 2.05) is 0 Å². The second kappa shape index (κ2) is 7.45. The zero-order valence-electron chi connectivity index (χ0n) is 14.3. The molecule has 1 aliphatic rings. The number of benzene rings is 2. The zero-order chi connectivity index (χ0) is 20.5. The summed E-state index contributed by atoms with van der Waals surface area (Å²) in [6.07, 6.45) is -4.91. The van der Waals surface area contributed by atoms with Gasteiger partial charge in [-0.15, -0.1) is 0 Å². The Morgan fingerprint density at radius 1 is 1.04 bits per heavy atom. The molecule has 0 saturated carbocycles. The largest absolute Gasteiger partial charge is 0.419 e. The number of rotatable bonds is 4. The van der Waals surface area contributed by atoms with Crippen molar-refractivity contribution in [2.24, 2.45) is 0 Å². The quantitative estimate of drug-likeness (QED) is 0.794. The minimum Gasteiger partial charge on any atom is -0.325 e. The summed E-state index contributed by atoms with van der Waals surface area (Å²) in [5.41, 5.74) is -1.69. The molecule has 1 fully saturated rings. The number of nitrogens with one attached hydrogen (secondary N) is 1.